The van der Waals surface area contributed by atoms with Crippen LogP contribution in [0.25, 0.3) is 0 Å². The van der Waals surface area contributed by atoms with Crippen LogP contribution < -0.4 is 0 Å². The fourth-order valence-corrected chi connectivity index (χ4v) is 1.86. The summed E-state index contributed by atoms with van der Waals surface area (Å²) < 4.78 is 5.44. The molecule has 0 aromatic heterocycles. The summed E-state index contributed by atoms with van der Waals surface area (Å²) in [6.45, 7) is 4.63. The third-order valence-corrected chi connectivity index (χ3v) is 2.97. The van der Waals surface area contributed by atoms with Crippen LogP contribution in [-0.2, 0) is 11.3 Å². The molecule has 3 heteroatoms. The van der Waals surface area contributed by atoms with Crippen molar-refractivity contribution < 1.29 is 14.9 Å². The predicted molar refractivity (Wildman–Crippen MR) is 76.8 cm³/mol. The minimum absolute atomic E-state index is 0.241. The van der Waals surface area contributed by atoms with Crippen molar-refractivity contribution in [1.82, 2.24) is 0 Å². The van der Waals surface area contributed by atoms with Gasteiger partial charge >= 0.3 is 0 Å². The summed E-state index contributed by atoms with van der Waals surface area (Å²) in [7, 11) is 0. The number of hydrogen-bond donors (Lipinski definition) is 2. The number of aliphatic hydroxyl groups is 2. The van der Waals surface area contributed by atoms with Crippen LogP contribution in [0, 0.1) is 0 Å². The largest absolute Gasteiger partial charge is 0.391 e. The quantitative estimate of drug-likeness (QED) is 0.710. The first-order chi connectivity index (χ1) is 9.13. The molecule has 0 radical (unpaired) electrons. The van der Waals surface area contributed by atoms with Gasteiger partial charge in [-0.3, -0.25) is 0 Å². The second-order valence-corrected chi connectivity index (χ2v) is 4.76. The summed E-state index contributed by atoms with van der Waals surface area (Å²) in [5.74, 6) is 0. The first kappa shape index (κ1) is 15.9. The molecule has 0 bridgehead atoms. The van der Waals surface area contributed by atoms with E-state index in [1.807, 2.05) is 50.3 Å². The van der Waals surface area contributed by atoms with E-state index in [-0.39, 0.29) is 6.61 Å². The highest BCUT2D eigenvalue weighted by Gasteiger charge is 2.13. The van der Waals surface area contributed by atoms with Crippen LogP contribution in [0.1, 0.15) is 32.3 Å². The number of allylic oxidation sites excluding steroid dienone is 1. The predicted octanol–water partition coefficient (Wildman–Crippen LogP) is 2.67. The second-order valence-electron chi connectivity index (χ2n) is 4.76. The highest BCUT2D eigenvalue weighted by atomic mass is 16.5. The van der Waals surface area contributed by atoms with Gasteiger partial charge in [-0.25, -0.2) is 0 Å². The molecule has 0 unspecified atom stereocenters. The fraction of sp³-hybridized carbons (Fsp3) is 0.500. The maximum absolute atomic E-state index is 9.85. The zero-order valence-electron chi connectivity index (χ0n) is 11.7. The van der Waals surface area contributed by atoms with Crippen LogP contribution in [0.4, 0.5) is 0 Å². The highest BCUT2D eigenvalue weighted by Crippen LogP contribution is 2.10. The molecular formula is C16H24O3. The first-order valence-corrected chi connectivity index (χ1v) is 6.78. The summed E-state index contributed by atoms with van der Waals surface area (Å²) >= 11 is 0. The van der Waals surface area contributed by atoms with Gasteiger partial charge in [-0.2, -0.15) is 0 Å². The smallest absolute Gasteiger partial charge is 0.0801 e. The molecule has 0 saturated heterocycles. The van der Waals surface area contributed by atoms with Crippen molar-refractivity contribution in [3.8, 4) is 0 Å². The average Bonchev–Trinajstić information content (AvgIpc) is 2.40. The summed E-state index contributed by atoms with van der Waals surface area (Å²) in [5, 5.41) is 19.7. The molecule has 3 nitrogen and oxygen atoms in total. The van der Waals surface area contributed by atoms with Crippen LogP contribution in [0.2, 0.25) is 0 Å². The lowest BCUT2D eigenvalue weighted by atomic mass is 10.0. The van der Waals surface area contributed by atoms with E-state index < -0.39 is 12.2 Å². The average molecular weight is 264 g/mol. The standard InChI is InChI=1S/C16H24O3/c1-3-7-13(2)16(18)10-15(17)12-19-11-14-8-5-4-6-9-14/h4-9,15-18H,3,10-12H2,1-2H3/b13-7+/t15-,16-/m1/s1. The normalized spacial score (nSPS) is 15.3. The summed E-state index contributed by atoms with van der Waals surface area (Å²) in [6, 6.07) is 9.83. The van der Waals surface area contributed by atoms with Crippen molar-refractivity contribution in [1.29, 1.82) is 0 Å². The van der Waals surface area contributed by atoms with Crippen molar-refractivity contribution >= 4 is 0 Å². The van der Waals surface area contributed by atoms with E-state index in [1.165, 1.54) is 0 Å². The minimum atomic E-state index is -0.640. The molecule has 0 aliphatic heterocycles. The van der Waals surface area contributed by atoms with Gasteiger partial charge < -0.3 is 14.9 Å². The summed E-state index contributed by atoms with van der Waals surface area (Å²) in [4.78, 5) is 0. The molecule has 0 aliphatic carbocycles. The highest BCUT2D eigenvalue weighted by molar-refractivity contribution is 5.13. The molecule has 0 heterocycles. The van der Waals surface area contributed by atoms with Gasteiger partial charge in [0.2, 0.25) is 0 Å². The van der Waals surface area contributed by atoms with Gasteiger partial charge in [-0.05, 0) is 24.5 Å². The van der Waals surface area contributed by atoms with E-state index in [0.29, 0.717) is 13.0 Å². The number of benzene rings is 1. The Bertz CT molecular complexity index is 373. The fourth-order valence-electron chi connectivity index (χ4n) is 1.86. The summed E-state index contributed by atoms with van der Waals surface area (Å²) in [5.41, 5.74) is 1.99. The molecule has 106 valence electrons. The van der Waals surface area contributed by atoms with Crippen LogP contribution in [-0.4, -0.2) is 29.0 Å². The second kappa shape index (κ2) is 8.86. The third-order valence-electron chi connectivity index (χ3n) is 2.97. The lowest BCUT2D eigenvalue weighted by molar-refractivity contribution is 0.00682. The molecule has 1 aromatic rings. The van der Waals surface area contributed by atoms with E-state index >= 15 is 0 Å². The Hall–Kier alpha value is -1.16. The van der Waals surface area contributed by atoms with E-state index in [2.05, 4.69) is 0 Å². The molecule has 19 heavy (non-hydrogen) atoms. The molecule has 0 fully saturated rings. The van der Waals surface area contributed by atoms with Crippen molar-refractivity contribution in [2.75, 3.05) is 6.61 Å². The van der Waals surface area contributed by atoms with Crippen LogP contribution in [0.15, 0.2) is 42.0 Å². The number of ether oxygens (including phenoxy) is 1. The molecule has 2 atom stereocenters. The zero-order chi connectivity index (χ0) is 14.1. The lowest BCUT2D eigenvalue weighted by Gasteiger charge is -2.16. The Morgan fingerprint density at radius 2 is 1.95 bits per heavy atom. The summed E-state index contributed by atoms with van der Waals surface area (Å²) in [6.07, 6.45) is 1.96. The van der Waals surface area contributed by atoms with Crippen LogP contribution >= 0.6 is 0 Å². The molecule has 2 N–H and O–H groups in total. The van der Waals surface area contributed by atoms with Crippen molar-refractivity contribution in [3.05, 3.63) is 47.5 Å². The molecule has 1 rings (SSSR count). The molecule has 0 amide bonds. The van der Waals surface area contributed by atoms with E-state index in [4.69, 9.17) is 4.74 Å². The number of aliphatic hydroxyl groups excluding tert-OH is 2. The Kier molecular flexibility index (Phi) is 7.41. The van der Waals surface area contributed by atoms with E-state index in [1.54, 1.807) is 0 Å². The van der Waals surface area contributed by atoms with Gasteiger partial charge in [-0.1, -0.05) is 43.3 Å². The van der Waals surface area contributed by atoms with Gasteiger partial charge in [-0.15, -0.1) is 0 Å². The molecule has 1 aromatic carbocycles. The molecule has 0 aliphatic rings. The lowest BCUT2D eigenvalue weighted by Crippen LogP contribution is -2.23. The van der Waals surface area contributed by atoms with Gasteiger partial charge in [0.25, 0.3) is 0 Å². The first-order valence-electron chi connectivity index (χ1n) is 6.78. The van der Waals surface area contributed by atoms with E-state index in [9.17, 15) is 10.2 Å². The Labute approximate surface area is 115 Å². The van der Waals surface area contributed by atoms with Crippen molar-refractivity contribution in [3.63, 3.8) is 0 Å². The van der Waals surface area contributed by atoms with Crippen LogP contribution in [0.5, 0.6) is 0 Å². The third kappa shape index (κ3) is 6.53. The minimum Gasteiger partial charge on any atom is -0.391 e. The molecule has 0 saturated carbocycles. The number of rotatable bonds is 8. The Morgan fingerprint density at radius 1 is 1.26 bits per heavy atom. The van der Waals surface area contributed by atoms with Crippen molar-refractivity contribution in [2.45, 2.75) is 45.5 Å². The van der Waals surface area contributed by atoms with Crippen LogP contribution in [0.3, 0.4) is 0 Å². The maximum Gasteiger partial charge on any atom is 0.0801 e. The van der Waals surface area contributed by atoms with Gasteiger partial charge in [0.15, 0.2) is 0 Å². The van der Waals surface area contributed by atoms with Gasteiger partial charge in [0.1, 0.15) is 0 Å². The SMILES string of the molecule is CC/C=C(\C)[C@H](O)C[C@@H](O)COCc1ccccc1. The Morgan fingerprint density at radius 3 is 2.58 bits per heavy atom. The van der Waals surface area contributed by atoms with Gasteiger partial charge in [0.05, 0.1) is 25.4 Å². The number of hydrogen-bond acceptors (Lipinski definition) is 3. The zero-order valence-corrected chi connectivity index (χ0v) is 11.7. The maximum atomic E-state index is 9.85. The molecule has 0 spiro atoms. The topological polar surface area (TPSA) is 49.7 Å². The Balaban J connectivity index is 2.24. The van der Waals surface area contributed by atoms with Gasteiger partial charge in [0, 0.05) is 6.42 Å². The van der Waals surface area contributed by atoms with Crippen molar-refractivity contribution in [2.24, 2.45) is 0 Å². The van der Waals surface area contributed by atoms with E-state index in [0.717, 1.165) is 17.6 Å². The monoisotopic (exact) mass is 264 g/mol. The molecular weight excluding hydrogens is 240 g/mol.